The lowest BCUT2D eigenvalue weighted by Crippen LogP contribution is -2.64. The molecule has 0 aromatic heterocycles. The van der Waals surface area contributed by atoms with E-state index in [1.54, 1.807) is 24.3 Å². The van der Waals surface area contributed by atoms with Crippen molar-refractivity contribution in [3.8, 4) is 0 Å². The van der Waals surface area contributed by atoms with Crippen LogP contribution < -0.4 is 10.7 Å². The van der Waals surface area contributed by atoms with Crippen LogP contribution in [0.4, 0.5) is 9.59 Å². The molecule has 2 aliphatic heterocycles. The molecule has 1 aromatic carbocycles. The van der Waals surface area contributed by atoms with E-state index in [0.717, 1.165) is 20.6 Å². The molecule has 0 aliphatic carbocycles. The monoisotopic (exact) mass is 475 g/mol. The van der Waals surface area contributed by atoms with E-state index < -0.39 is 48.4 Å². The van der Waals surface area contributed by atoms with Gasteiger partial charge in [0, 0.05) is 13.0 Å². The van der Waals surface area contributed by atoms with Crippen LogP contribution >= 0.6 is 0 Å². The quantitative estimate of drug-likeness (QED) is 0.443. The van der Waals surface area contributed by atoms with Gasteiger partial charge in [-0.3, -0.25) is 14.4 Å². The van der Waals surface area contributed by atoms with Crippen molar-refractivity contribution in [2.45, 2.75) is 44.4 Å². The van der Waals surface area contributed by atoms with Crippen molar-refractivity contribution in [3.05, 3.63) is 35.9 Å². The number of hydrogen-bond donors (Lipinski definition) is 3. The largest absolute Gasteiger partial charge is 0.481 e. The van der Waals surface area contributed by atoms with Crippen LogP contribution in [0.2, 0.25) is 0 Å². The van der Waals surface area contributed by atoms with Gasteiger partial charge in [-0.15, -0.1) is 0 Å². The van der Waals surface area contributed by atoms with Crippen molar-refractivity contribution in [1.82, 2.24) is 25.8 Å². The topological polar surface area (TPSA) is 166 Å². The molecule has 0 radical (unpaired) electrons. The van der Waals surface area contributed by atoms with Crippen molar-refractivity contribution in [2.75, 3.05) is 13.1 Å². The SMILES string of the molecule is O=C[C@H](CC(=O)O)NC(=O)[C@@H]1CCCN2C(=O)CCN(NC(=O)OCc3ccccc3)C(=O)N12. The van der Waals surface area contributed by atoms with E-state index in [4.69, 9.17) is 9.84 Å². The third-order valence-corrected chi connectivity index (χ3v) is 5.29. The number of benzene rings is 1. The summed E-state index contributed by atoms with van der Waals surface area (Å²) in [7, 11) is 0. The molecule has 3 N–H and O–H groups in total. The number of amides is 5. The lowest BCUT2D eigenvalue weighted by atomic mass is 10.1. The van der Waals surface area contributed by atoms with Gasteiger partial charge in [0.15, 0.2) is 0 Å². The smallest absolute Gasteiger partial charge is 0.426 e. The molecule has 182 valence electrons. The van der Waals surface area contributed by atoms with Crippen molar-refractivity contribution < 1.29 is 38.6 Å². The Morgan fingerprint density at radius 2 is 1.91 bits per heavy atom. The highest BCUT2D eigenvalue weighted by Crippen LogP contribution is 2.23. The van der Waals surface area contributed by atoms with Crippen molar-refractivity contribution in [3.63, 3.8) is 0 Å². The first-order valence-corrected chi connectivity index (χ1v) is 10.7. The van der Waals surface area contributed by atoms with Crippen molar-refractivity contribution in [1.29, 1.82) is 0 Å². The predicted octanol–water partition coefficient (Wildman–Crippen LogP) is 0.0199. The maximum atomic E-state index is 13.2. The summed E-state index contributed by atoms with van der Waals surface area (Å²) in [5.74, 6) is -2.49. The normalized spacial score (nSPS) is 18.9. The number of rotatable bonds is 8. The Labute approximate surface area is 194 Å². The molecule has 34 heavy (non-hydrogen) atoms. The Kier molecular flexibility index (Phi) is 8.01. The summed E-state index contributed by atoms with van der Waals surface area (Å²) in [6.45, 7) is 0.00741. The molecule has 0 saturated carbocycles. The fourth-order valence-corrected chi connectivity index (χ4v) is 3.68. The average molecular weight is 475 g/mol. The minimum atomic E-state index is -1.29. The number of aliphatic carboxylic acids is 1. The number of hydrazine groups is 2. The van der Waals surface area contributed by atoms with Gasteiger partial charge in [0.25, 0.3) is 0 Å². The van der Waals surface area contributed by atoms with E-state index in [1.807, 2.05) is 6.07 Å². The third kappa shape index (κ3) is 5.99. The Bertz CT molecular complexity index is 956. The zero-order chi connectivity index (χ0) is 24.7. The molecule has 2 saturated heterocycles. The predicted molar refractivity (Wildman–Crippen MR) is 113 cm³/mol. The molecule has 13 nitrogen and oxygen atoms in total. The lowest BCUT2D eigenvalue weighted by Gasteiger charge is -2.42. The van der Waals surface area contributed by atoms with Crippen LogP contribution in [0.15, 0.2) is 30.3 Å². The zero-order valence-corrected chi connectivity index (χ0v) is 18.2. The van der Waals surface area contributed by atoms with E-state index in [0.29, 0.717) is 12.7 Å². The molecule has 3 rings (SSSR count). The Morgan fingerprint density at radius 3 is 2.59 bits per heavy atom. The molecule has 0 spiro atoms. The number of fused-ring (bicyclic) bond motifs is 1. The number of carbonyl (C=O) groups is 6. The van der Waals surface area contributed by atoms with Crippen LogP contribution in [0.25, 0.3) is 0 Å². The Balaban J connectivity index is 1.71. The van der Waals surface area contributed by atoms with Crippen LogP contribution in [-0.4, -0.2) is 81.5 Å². The van der Waals surface area contributed by atoms with Gasteiger partial charge in [-0.05, 0) is 18.4 Å². The van der Waals surface area contributed by atoms with Crippen LogP contribution in [0.5, 0.6) is 0 Å². The highest BCUT2D eigenvalue weighted by molar-refractivity contribution is 5.92. The first kappa shape index (κ1) is 24.5. The standard InChI is InChI=1S/C21H25N5O8/c27-12-15(11-18(29)30)22-19(31)16-7-4-9-25-17(28)8-10-24(21(33)26(16)25)23-20(32)34-13-14-5-2-1-3-6-14/h1-3,5-6,12,15-16H,4,7-11,13H2,(H,22,31)(H,23,32)(H,29,30)/t15-,16-/m0/s1. The summed E-state index contributed by atoms with van der Waals surface area (Å²) in [6, 6.07) is 5.59. The molecule has 5 amide bonds. The van der Waals surface area contributed by atoms with E-state index in [-0.39, 0.29) is 32.5 Å². The van der Waals surface area contributed by atoms with Gasteiger partial charge in [0.1, 0.15) is 18.9 Å². The molecule has 2 fully saturated rings. The Morgan fingerprint density at radius 1 is 1.18 bits per heavy atom. The highest BCUT2D eigenvalue weighted by atomic mass is 16.6. The first-order chi connectivity index (χ1) is 16.3. The number of hydrogen-bond acceptors (Lipinski definition) is 7. The highest BCUT2D eigenvalue weighted by Gasteiger charge is 2.44. The molecule has 2 aliphatic rings. The third-order valence-electron chi connectivity index (χ3n) is 5.29. The van der Waals surface area contributed by atoms with Gasteiger partial charge in [-0.25, -0.2) is 30.0 Å². The van der Waals surface area contributed by atoms with Gasteiger partial charge >= 0.3 is 18.1 Å². The number of ether oxygens (including phenoxy) is 1. The summed E-state index contributed by atoms with van der Waals surface area (Å²) in [5.41, 5.74) is 3.04. The number of carbonyl (C=O) groups excluding carboxylic acids is 5. The second kappa shape index (κ2) is 11.1. The van der Waals surface area contributed by atoms with E-state index in [2.05, 4.69) is 10.7 Å². The van der Waals surface area contributed by atoms with E-state index >= 15 is 0 Å². The zero-order valence-electron chi connectivity index (χ0n) is 18.2. The van der Waals surface area contributed by atoms with Crippen LogP contribution in [0.3, 0.4) is 0 Å². The van der Waals surface area contributed by atoms with E-state index in [9.17, 15) is 28.8 Å². The minimum absolute atomic E-state index is 0.0365. The molecule has 1 aromatic rings. The van der Waals surface area contributed by atoms with Gasteiger partial charge in [0.2, 0.25) is 11.8 Å². The maximum Gasteiger partial charge on any atom is 0.426 e. The number of carboxylic acids is 1. The molecule has 13 heteroatoms. The number of nitrogens with zero attached hydrogens (tertiary/aromatic N) is 3. The summed E-state index contributed by atoms with van der Waals surface area (Å²) in [5, 5.41) is 14.2. The lowest BCUT2D eigenvalue weighted by molar-refractivity contribution is -0.155. The summed E-state index contributed by atoms with van der Waals surface area (Å²) in [4.78, 5) is 73.0. The van der Waals surface area contributed by atoms with Gasteiger partial charge in [-0.1, -0.05) is 30.3 Å². The summed E-state index contributed by atoms with van der Waals surface area (Å²) >= 11 is 0. The molecule has 0 unspecified atom stereocenters. The number of carboxylic acid groups (broad SMARTS) is 1. The molecular formula is C21H25N5O8. The van der Waals surface area contributed by atoms with Crippen LogP contribution in [-0.2, 0) is 30.5 Å². The number of aldehydes is 1. The fraction of sp³-hybridized carbons (Fsp3) is 0.429. The Hall–Kier alpha value is -4.16. The second-order valence-electron chi connectivity index (χ2n) is 7.73. The second-order valence-corrected chi connectivity index (χ2v) is 7.73. The summed E-state index contributed by atoms with van der Waals surface area (Å²) in [6.07, 6.45) is -0.778. The molecule has 0 bridgehead atoms. The summed E-state index contributed by atoms with van der Waals surface area (Å²) < 4.78 is 5.13. The fourth-order valence-electron chi connectivity index (χ4n) is 3.68. The number of nitrogens with one attached hydrogen (secondary N) is 2. The maximum absolute atomic E-state index is 13.2. The van der Waals surface area contributed by atoms with Crippen molar-refractivity contribution in [2.24, 2.45) is 0 Å². The van der Waals surface area contributed by atoms with Gasteiger partial charge in [0.05, 0.1) is 19.0 Å². The average Bonchev–Trinajstić information content (AvgIpc) is 2.94. The molecule has 2 atom stereocenters. The van der Waals surface area contributed by atoms with Crippen LogP contribution in [0.1, 0.15) is 31.2 Å². The van der Waals surface area contributed by atoms with Crippen molar-refractivity contribution >= 4 is 36.2 Å². The molecular weight excluding hydrogens is 450 g/mol. The first-order valence-electron chi connectivity index (χ1n) is 10.7. The van der Waals surface area contributed by atoms with Crippen LogP contribution in [0, 0.1) is 0 Å². The number of urea groups is 1. The molecule has 2 heterocycles. The van der Waals surface area contributed by atoms with E-state index in [1.165, 1.54) is 0 Å². The minimum Gasteiger partial charge on any atom is -0.481 e. The van der Waals surface area contributed by atoms with Gasteiger partial charge < -0.3 is 20.0 Å². The van der Waals surface area contributed by atoms with Gasteiger partial charge in [-0.2, -0.15) is 0 Å².